The van der Waals surface area contributed by atoms with Crippen molar-refractivity contribution in [2.24, 2.45) is 0 Å². The van der Waals surface area contributed by atoms with Crippen LogP contribution in [0.25, 0.3) is 0 Å². The van der Waals surface area contributed by atoms with E-state index in [2.05, 4.69) is 9.97 Å². The van der Waals surface area contributed by atoms with Crippen molar-refractivity contribution < 1.29 is 5.11 Å². The summed E-state index contributed by atoms with van der Waals surface area (Å²) in [6, 6.07) is 5.71. The van der Waals surface area contributed by atoms with E-state index < -0.39 is 0 Å². The largest absolute Gasteiger partial charge is 0.388 e. The minimum Gasteiger partial charge on any atom is -0.388 e. The Hall–Kier alpha value is -0.910. The number of hydrogen-bond acceptors (Lipinski definition) is 5. The zero-order valence-corrected chi connectivity index (χ0v) is 10.2. The number of rotatable bonds is 5. The van der Waals surface area contributed by atoms with Crippen molar-refractivity contribution in [3.05, 3.63) is 40.8 Å². The highest BCUT2D eigenvalue weighted by Crippen LogP contribution is 2.24. The van der Waals surface area contributed by atoms with Crippen LogP contribution in [0.3, 0.4) is 0 Å². The lowest BCUT2D eigenvalue weighted by Crippen LogP contribution is -1.96. The van der Waals surface area contributed by atoms with Gasteiger partial charge in [-0.1, -0.05) is 17.8 Å². The molecule has 0 bridgehead atoms. The first-order valence-corrected chi connectivity index (χ1v) is 6.84. The molecular formula is C11H12N2OS2. The molecule has 0 aliphatic rings. The summed E-state index contributed by atoms with van der Waals surface area (Å²) in [5, 5.41) is 12.6. The molecule has 5 heteroatoms. The van der Waals surface area contributed by atoms with Gasteiger partial charge in [0, 0.05) is 23.0 Å². The topological polar surface area (TPSA) is 46.0 Å². The predicted molar refractivity (Wildman–Crippen MR) is 66.7 cm³/mol. The van der Waals surface area contributed by atoms with Crippen LogP contribution < -0.4 is 0 Å². The maximum atomic E-state index is 9.84. The van der Waals surface area contributed by atoms with Gasteiger partial charge in [0.2, 0.25) is 0 Å². The second-order valence-electron chi connectivity index (χ2n) is 3.20. The molecule has 2 aromatic heterocycles. The van der Waals surface area contributed by atoms with Gasteiger partial charge in [-0.3, -0.25) is 0 Å². The first-order valence-electron chi connectivity index (χ1n) is 4.97. The SMILES string of the molecule is OC(CCSc1ncccn1)c1cccs1. The molecule has 16 heavy (non-hydrogen) atoms. The van der Waals surface area contributed by atoms with Gasteiger partial charge >= 0.3 is 0 Å². The third-order valence-electron chi connectivity index (χ3n) is 2.04. The minimum atomic E-state index is -0.365. The van der Waals surface area contributed by atoms with Gasteiger partial charge in [-0.2, -0.15) is 0 Å². The van der Waals surface area contributed by atoms with Gasteiger partial charge in [-0.15, -0.1) is 11.3 Å². The molecule has 1 atom stereocenters. The maximum Gasteiger partial charge on any atom is 0.187 e. The molecule has 84 valence electrons. The second-order valence-corrected chi connectivity index (χ2v) is 5.24. The summed E-state index contributed by atoms with van der Waals surface area (Å²) in [5.41, 5.74) is 0. The van der Waals surface area contributed by atoms with Crippen molar-refractivity contribution in [1.29, 1.82) is 0 Å². The molecule has 0 amide bonds. The second kappa shape index (κ2) is 5.98. The van der Waals surface area contributed by atoms with Crippen molar-refractivity contribution >= 4 is 23.1 Å². The van der Waals surface area contributed by atoms with Crippen molar-refractivity contribution in [2.75, 3.05) is 5.75 Å². The number of hydrogen-bond donors (Lipinski definition) is 1. The van der Waals surface area contributed by atoms with E-state index in [0.29, 0.717) is 0 Å². The number of nitrogens with zero attached hydrogens (tertiary/aromatic N) is 2. The molecule has 2 aromatic rings. The molecular weight excluding hydrogens is 240 g/mol. The summed E-state index contributed by atoms with van der Waals surface area (Å²) in [6.45, 7) is 0. The van der Waals surface area contributed by atoms with Crippen LogP contribution in [0.4, 0.5) is 0 Å². The van der Waals surface area contributed by atoms with Gasteiger partial charge in [-0.05, 0) is 23.9 Å². The number of thioether (sulfide) groups is 1. The zero-order valence-electron chi connectivity index (χ0n) is 8.61. The van der Waals surface area contributed by atoms with Crippen LogP contribution in [0.15, 0.2) is 41.1 Å². The minimum absolute atomic E-state index is 0.365. The lowest BCUT2D eigenvalue weighted by Gasteiger charge is -2.06. The lowest BCUT2D eigenvalue weighted by molar-refractivity contribution is 0.179. The summed E-state index contributed by atoms with van der Waals surface area (Å²) in [4.78, 5) is 9.25. The van der Waals surface area contributed by atoms with E-state index in [-0.39, 0.29) is 6.10 Å². The van der Waals surface area contributed by atoms with Crippen LogP contribution in [0.5, 0.6) is 0 Å². The van der Waals surface area contributed by atoms with E-state index in [1.165, 1.54) is 0 Å². The standard InChI is InChI=1S/C11H12N2OS2/c14-9(10-3-1-7-15-10)4-8-16-11-12-5-2-6-13-11/h1-3,5-7,9,14H,4,8H2. The maximum absolute atomic E-state index is 9.84. The van der Waals surface area contributed by atoms with Crippen molar-refractivity contribution in [1.82, 2.24) is 9.97 Å². The smallest absolute Gasteiger partial charge is 0.187 e. The Balaban J connectivity index is 1.76. The molecule has 0 aromatic carbocycles. The molecule has 3 nitrogen and oxygen atoms in total. The fraction of sp³-hybridized carbons (Fsp3) is 0.273. The lowest BCUT2D eigenvalue weighted by atomic mass is 10.2. The normalized spacial score (nSPS) is 12.6. The van der Waals surface area contributed by atoms with Crippen molar-refractivity contribution in [3.8, 4) is 0 Å². The molecule has 0 aliphatic carbocycles. The molecule has 2 heterocycles. The van der Waals surface area contributed by atoms with Gasteiger partial charge < -0.3 is 5.11 Å². The first-order chi connectivity index (χ1) is 7.86. The molecule has 0 saturated carbocycles. The highest BCUT2D eigenvalue weighted by molar-refractivity contribution is 7.99. The molecule has 2 rings (SSSR count). The van der Waals surface area contributed by atoms with Crippen LogP contribution in [0.1, 0.15) is 17.4 Å². The Labute approximate surface area is 103 Å². The third kappa shape index (κ3) is 3.30. The van der Waals surface area contributed by atoms with Crippen LogP contribution in [-0.2, 0) is 0 Å². The molecule has 0 fully saturated rings. The average molecular weight is 252 g/mol. The van der Waals surface area contributed by atoms with Crippen LogP contribution >= 0.6 is 23.1 Å². The highest BCUT2D eigenvalue weighted by Gasteiger charge is 2.08. The summed E-state index contributed by atoms with van der Waals surface area (Å²) < 4.78 is 0. The fourth-order valence-electron chi connectivity index (χ4n) is 1.24. The summed E-state index contributed by atoms with van der Waals surface area (Å²) in [6.07, 6.45) is 3.82. The number of aromatic nitrogens is 2. The van der Waals surface area contributed by atoms with Gasteiger partial charge in [0.25, 0.3) is 0 Å². The van der Waals surface area contributed by atoms with Gasteiger partial charge in [-0.25, -0.2) is 9.97 Å². The average Bonchev–Trinajstić information content (AvgIpc) is 2.84. The molecule has 1 unspecified atom stereocenters. The fourth-order valence-corrected chi connectivity index (χ4v) is 2.79. The van der Waals surface area contributed by atoms with E-state index in [1.807, 2.05) is 17.5 Å². The Morgan fingerprint density at radius 3 is 2.81 bits per heavy atom. The Morgan fingerprint density at radius 1 is 1.31 bits per heavy atom. The Kier molecular flexibility index (Phi) is 4.33. The van der Waals surface area contributed by atoms with E-state index in [4.69, 9.17) is 0 Å². The molecule has 0 aliphatic heterocycles. The molecule has 0 spiro atoms. The van der Waals surface area contributed by atoms with Gasteiger partial charge in [0.15, 0.2) is 5.16 Å². The van der Waals surface area contributed by atoms with Crippen molar-refractivity contribution in [2.45, 2.75) is 17.7 Å². The number of aliphatic hydroxyl groups excluding tert-OH is 1. The molecule has 1 N–H and O–H groups in total. The highest BCUT2D eigenvalue weighted by atomic mass is 32.2. The Morgan fingerprint density at radius 2 is 2.12 bits per heavy atom. The summed E-state index contributed by atoms with van der Waals surface area (Å²) in [5.74, 6) is 0.823. The number of thiophene rings is 1. The van der Waals surface area contributed by atoms with Crippen molar-refractivity contribution in [3.63, 3.8) is 0 Å². The predicted octanol–water partition coefficient (Wildman–Crippen LogP) is 2.75. The summed E-state index contributed by atoms with van der Waals surface area (Å²) >= 11 is 3.16. The summed E-state index contributed by atoms with van der Waals surface area (Å²) in [7, 11) is 0. The van der Waals surface area contributed by atoms with E-state index >= 15 is 0 Å². The van der Waals surface area contributed by atoms with E-state index in [9.17, 15) is 5.11 Å². The molecule has 0 radical (unpaired) electrons. The van der Waals surface area contributed by atoms with Crippen LogP contribution in [0, 0.1) is 0 Å². The van der Waals surface area contributed by atoms with Crippen LogP contribution in [0.2, 0.25) is 0 Å². The van der Waals surface area contributed by atoms with E-state index in [0.717, 1.165) is 22.2 Å². The number of aliphatic hydroxyl groups is 1. The van der Waals surface area contributed by atoms with Gasteiger partial charge in [0.1, 0.15) is 0 Å². The zero-order chi connectivity index (χ0) is 11.2. The monoisotopic (exact) mass is 252 g/mol. The van der Waals surface area contributed by atoms with E-state index in [1.54, 1.807) is 41.6 Å². The molecule has 0 saturated heterocycles. The van der Waals surface area contributed by atoms with Crippen LogP contribution in [-0.4, -0.2) is 20.8 Å². The first kappa shape index (κ1) is 11.6. The quantitative estimate of drug-likeness (QED) is 0.656. The third-order valence-corrected chi connectivity index (χ3v) is 3.92. The van der Waals surface area contributed by atoms with Gasteiger partial charge in [0.05, 0.1) is 6.10 Å². The Bertz CT molecular complexity index is 405.